The Bertz CT molecular complexity index is 1000. The van der Waals surface area contributed by atoms with Gasteiger partial charge in [0.2, 0.25) is 0 Å². The summed E-state index contributed by atoms with van der Waals surface area (Å²) in [6.07, 6.45) is -1.02. The molecule has 0 radical (unpaired) electrons. The molecule has 0 saturated carbocycles. The Hall–Kier alpha value is -3.05. The first-order valence-electron chi connectivity index (χ1n) is 8.94. The van der Waals surface area contributed by atoms with E-state index in [1.165, 1.54) is 4.90 Å². The predicted molar refractivity (Wildman–Crippen MR) is 105 cm³/mol. The van der Waals surface area contributed by atoms with E-state index >= 15 is 0 Å². The number of aliphatic hydroxyl groups excluding tert-OH is 1. The van der Waals surface area contributed by atoms with Crippen LogP contribution in [0.15, 0.2) is 54.6 Å². The molecule has 1 heterocycles. The van der Waals surface area contributed by atoms with Crippen molar-refractivity contribution in [2.75, 3.05) is 18.1 Å². The van der Waals surface area contributed by atoms with Gasteiger partial charge in [0.15, 0.2) is 0 Å². The minimum atomic E-state index is -1.02. The highest BCUT2D eigenvalue weighted by atomic mass is 16.5. The summed E-state index contributed by atoms with van der Waals surface area (Å²) >= 11 is 0. The van der Waals surface area contributed by atoms with Crippen molar-refractivity contribution >= 4 is 22.6 Å². The van der Waals surface area contributed by atoms with Crippen LogP contribution in [-0.4, -0.2) is 29.5 Å². The second-order valence-electron chi connectivity index (χ2n) is 6.85. The molecule has 27 heavy (non-hydrogen) atoms. The van der Waals surface area contributed by atoms with E-state index in [0.717, 1.165) is 27.5 Å². The Morgan fingerprint density at radius 1 is 1.19 bits per heavy atom. The third-order valence-corrected chi connectivity index (χ3v) is 5.14. The Morgan fingerprint density at radius 3 is 2.67 bits per heavy atom. The number of anilines is 1. The van der Waals surface area contributed by atoms with Crippen LogP contribution in [-0.2, 0) is 6.61 Å². The molecule has 2 N–H and O–H groups in total. The van der Waals surface area contributed by atoms with Crippen molar-refractivity contribution in [3.8, 4) is 5.75 Å². The fraction of sp³-hybridized carbons (Fsp3) is 0.227. The summed E-state index contributed by atoms with van der Waals surface area (Å²) < 4.78 is 6.10. The van der Waals surface area contributed by atoms with Gasteiger partial charge in [-0.1, -0.05) is 48.5 Å². The van der Waals surface area contributed by atoms with E-state index in [-0.39, 0.29) is 19.1 Å². The number of aliphatic hydroxyl groups is 1. The average Bonchev–Trinajstić information content (AvgIpc) is 3.05. The largest absolute Gasteiger partial charge is 0.488 e. The molecule has 0 saturated heterocycles. The first-order valence-corrected chi connectivity index (χ1v) is 8.94. The zero-order valence-corrected chi connectivity index (χ0v) is 15.1. The van der Waals surface area contributed by atoms with Crippen LogP contribution in [0.3, 0.4) is 0 Å². The van der Waals surface area contributed by atoms with Crippen LogP contribution >= 0.6 is 0 Å². The zero-order valence-electron chi connectivity index (χ0n) is 15.1. The van der Waals surface area contributed by atoms with Crippen LogP contribution in [0, 0.1) is 6.92 Å². The quantitative estimate of drug-likeness (QED) is 0.725. The molecule has 0 aliphatic carbocycles. The first kappa shape index (κ1) is 17.4. The van der Waals surface area contributed by atoms with Crippen LogP contribution in [0.4, 0.5) is 10.5 Å². The van der Waals surface area contributed by atoms with Gasteiger partial charge in [0.05, 0.1) is 12.3 Å². The summed E-state index contributed by atoms with van der Waals surface area (Å²) in [7, 11) is 0. The molecule has 0 aromatic heterocycles. The lowest BCUT2D eigenvalue weighted by Crippen LogP contribution is -2.28. The minimum Gasteiger partial charge on any atom is -0.488 e. The highest BCUT2D eigenvalue weighted by Gasteiger charge is 2.35. The number of fused-ring (bicyclic) bond motifs is 3. The fourth-order valence-electron chi connectivity index (χ4n) is 3.87. The van der Waals surface area contributed by atoms with Crippen molar-refractivity contribution in [2.45, 2.75) is 19.4 Å². The van der Waals surface area contributed by atoms with Crippen molar-refractivity contribution in [3.63, 3.8) is 0 Å². The molecule has 5 heteroatoms. The Labute approximate surface area is 157 Å². The van der Waals surface area contributed by atoms with Gasteiger partial charge >= 0.3 is 6.09 Å². The molecule has 5 nitrogen and oxygen atoms in total. The molecule has 1 atom stereocenters. The highest BCUT2D eigenvalue weighted by Crippen LogP contribution is 2.46. The molecule has 1 aliphatic heterocycles. The van der Waals surface area contributed by atoms with Crippen LogP contribution in [0.2, 0.25) is 0 Å². The van der Waals surface area contributed by atoms with Gasteiger partial charge in [-0.15, -0.1) is 0 Å². The number of nitrogens with zero attached hydrogens (tertiary/aromatic N) is 1. The number of rotatable bonds is 4. The van der Waals surface area contributed by atoms with Crippen LogP contribution in [0.5, 0.6) is 5.75 Å². The van der Waals surface area contributed by atoms with Crippen molar-refractivity contribution < 1.29 is 19.7 Å². The van der Waals surface area contributed by atoms with Gasteiger partial charge < -0.3 is 14.9 Å². The van der Waals surface area contributed by atoms with E-state index in [1.54, 1.807) is 6.07 Å². The lowest BCUT2D eigenvalue weighted by molar-refractivity contribution is 0.201. The molecule has 138 valence electrons. The van der Waals surface area contributed by atoms with E-state index in [9.17, 15) is 15.0 Å². The molecule has 0 bridgehead atoms. The number of hydrogen-bond donors (Lipinski definition) is 2. The Kier molecular flexibility index (Phi) is 4.46. The number of ether oxygens (including phenoxy) is 1. The molecule has 0 spiro atoms. The maximum absolute atomic E-state index is 11.7. The molecule has 3 aromatic carbocycles. The van der Waals surface area contributed by atoms with Crippen molar-refractivity contribution in [2.24, 2.45) is 0 Å². The maximum atomic E-state index is 11.7. The fourth-order valence-corrected chi connectivity index (χ4v) is 3.87. The van der Waals surface area contributed by atoms with Gasteiger partial charge in [0.1, 0.15) is 12.4 Å². The van der Waals surface area contributed by atoms with Crippen LogP contribution in [0.1, 0.15) is 22.6 Å². The van der Waals surface area contributed by atoms with E-state index in [0.29, 0.717) is 18.0 Å². The van der Waals surface area contributed by atoms with Crippen LogP contribution in [0.25, 0.3) is 10.8 Å². The van der Waals surface area contributed by atoms with E-state index in [2.05, 4.69) is 0 Å². The van der Waals surface area contributed by atoms with Gasteiger partial charge in [0.25, 0.3) is 0 Å². The molecule has 1 amide bonds. The normalized spacial score (nSPS) is 15.8. The topological polar surface area (TPSA) is 70.0 Å². The molecular weight excluding hydrogens is 342 g/mol. The molecule has 1 unspecified atom stereocenters. The second-order valence-corrected chi connectivity index (χ2v) is 6.85. The summed E-state index contributed by atoms with van der Waals surface area (Å²) in [5.41, 5.74) is 3.58. The highest BCUT2D eigenvalue weighted by molar-refractivity contribution is 6.02. The number of hydrogen-bond acceptors (Lipinski definition) is 3. The molecule has 0 fully saturated rings. The average molecular weight is 363 g/mol. The predicted octanol–water partition coefficient (Wildman–Crippen LogP) is 4.30. The number of benzene rings is 3. The third-order valence-electron chi connectivity index (χ3n) is 5.14. The van der Waals surface area contributed by atoms with Crippen molar-refractivity contribution in [3.05, 3.63) is 71.3 Å². The van der Waals surface area contributed by atoms with Gasteiger partial charge in [-0.05, 0) is 29.0 Å². The van der Waals surface area contributed by atoms with Crippen molar-refractivity contribution in [1.29, 1.82) is 0 Å². The summed E-state index contributed by atoms with van der Waals surface area (Å²) in [5, 5.41) is 21.4. The Balaban J connectivity index is 1.87. The molecule has 3 aromatic rings. The summed E-state index contributed by atoms with van der Waals surface area (Å²) in [4.78, 5) is 13.0. The smallest absolute Gasteiger partial charge is 0.411 e. The minimum absolute atomic E-state index is 0.0928. The number of aryl methyl sites for hydroxylation is 1. The first-order chi connectivity index (χ1) is 13.1. The van der Waals surface area contributed by atoms with Crippen molar-refractivity contribution in [1.82, 2.24) is 0 Å². The summed E-state index contributed by atoms with van der Waals surface area (Å²) in [6, 6.07) is 17.6. The summed E-state index contributed by atoms with van der Waals surface area (Å²) in [6.45, 7) is 2.57. The second kappa shape index (κ2) is 6.93. The molecular formula is C22H21NO4. The monoisotopic (exact) mass is 363 g/mol. The number of carbonyl (C=O) groups is 1. The zero-order chi connectivity index (χ0) is 19.0. The van der Waals surface area contributed by atoms with E-state index < -0.39 is 6.09 Å². The molecule has 1 aliphatic rings. The van der Waals surface area contributed by atoms with E-state index in [1.807, 2.05) is 55.5 Å². The SMILES string of the molecule is Cc1cccc2c(OCc3ccccc3)cc3c(c12)C(CO)CN3C(=O)O. The summed E-state index contributed by atoms with van der Waals surface area (Å²) in [5.74, 6) is 0.420. The third kappa shape index (κ3) is 3.00. The lowest BCUT2D eigenvalue weighted by atomic mass is 9.92. The van der Waals surface area contributed by atoms with Gasteiger partial charge in [-0.3, -0.25) is 4.90 Å². The number of carboxylic acid groups (broad SMARTS) is 1. The van der Waals surface area contributed by atoms with Crippen LogP contribution < -0.4 is 9.64 Å². The van der Waals surface area contributed by atoms with Gasteiger partial charge in [-0.2, -0.15) is 0 Å². The lowest BCUT2D eigenvalue weighted by Gasteiger charge is -2.18. The maximum Gasteiger partial charge on any atom is 0.411 e. The standard InChI is InChI=1S/C22H21NO4/c1-14-6-5-9-17-19(27-13-15-7-3-2-4-8-15)10-18-21(20(14)17)16(12-24)11-23(18)22(25)26/h2-10,16,24H,11-13H2,1H3,(H,25,26). The molecule has 4 rings (SSSR count). The Morgan fingerprint density at radius 2 is 1.96 bits per heavy atom. The van der Waals surface area contributed by atoms with Gasteiger partial charge in [0, 0.05) is 23.9 Å². The number of amides is 1. The van der Waals surface area contributed by atoms with E-state index in [4.69, 9.17) is 4.74 Å². The van der Waals surface area contributed by atoms with Gasteiger partial charge in [-0.25, -0.2) is 4.79 Å².